The monoisotopic (exact) mass is 218 g/mol. The Hall–Kier alpha value is -1.20. The molecule has 0 bridgehead atoms. The molecule has 0 aliphatic heterocycles. The standard InChI is InChI=1S/C15H22O/c1-12(9-11-16)7-8-14-13(2)6-5-10-15(14,3)4/h6,8,11,16H,5,7,10H2,1-4H3/b14-8+. The Labute approximate surface area is 98.9 Å². The number of hydrogen-bond acceptors (Lipinski definition) is 1. The predicted molar refractivity (Wildman–Crippen MR) is 69.4 cm³/mol. The van der Waals surface area contributed by atoms with Crippen molar-refractivity contribution in [1.29, 1.82) is 0 Å². The number of aliphatic hydroxyl groups excluding tert-OH is 1. The molecule has 1 aliphatic rings. The molecule has 1 heteroatoms. The lowest BCUT2D eigenvalue weighted by Crippen LogP contribution is -2.18. The van der Waals surface area contributed by atoms with Crippen LogP contribution in [0.5, 0.6) is 0 Å². The molecule has 0 saturated carbocycles. The smallest absolute Gasteiger partial charge is 0.121 e. The predicted octanol–water partition coefficient (Wildman–Crippen LogP) is 4.69. The van der Waals surface area contributed by atoms with E-state index in [2.05, 4.69) is 38.7 Å². The first-order chi connectivity index (χ1) is 7.47. The zero-order chi connectivity index (χ0) is 12.2. The van der Waals surface area contributed by atoms with E-state index < -0.39 is 0 Å². The van der Waals surface area contributed by atoms with Crippen molar-refractivity contribution in [2.75, 3.05) is 0 Å². The van der Waals surface area contributed by atoms with Gasteiger partial charge in [-0.15, -0.1) is 0 Å². The molecule has 16 heavy (non-hydrogen) atoms. The van der Waals surface area contributed by atoms with Gasteiger partial charge in [0, 0.05) is 0 Å². The van der Waals surface area contributed by atoms with Crippen LogP contribution in [0.15, 0.2) is 40.9 Å². The zero-order valence-corrected chi connectivity index (χ0v) is 10.8. The van der Waals surface area contributed by atoms with Crippen molar-refractivity contribution in [3.8, 4) is 0 Å². The second-order valence-corrected chi connectivity index (χ2v) is 5.19. The molecule has 1 rings (SSSR count). The van der Waals surface area contributed by atoms with Crippen molar-refractivity contribution in [3.05, 3.63) is 40.9 Å². The summed E-state index contributed by atoms with van der Waals surface area (Å²) in [6, 6.07) is 0. The van der Waals surface area contributed by atoms with Gasteiger partial charge in [-0.25, -0.2) is 0 Å². The Bertz CT molecular complexity index is 374. The number of rotatable bonds is 2. The third kappa shape index (κ3) is 3.15. The first-order valence-corrected chi connectivity index (χ1v) is 5.90. The highest BCUT2D eigenvalue weighted by atomic mass is 16.2. The summed E-state index contributed by atoms with van der Waals surface area (Å²) in [5, 5.41) is 8.64. The molecule has 88 valence electrons. The normalized spacial score (nSPS) is 21.2. The minimum Gasteiger partial charge on any atom is -0.507 e. The van der Waals surface area contributed by atoms with Gasteiger partial charge in [-0.2, -0.15) is 0 Å². The van der Waals surface area contributed by atoms with E-state index >= 15 is 0 Å². The molecule has 0 saturated heterocycles. The van der Waals surface area contributed by atoms with Gasteiger partial charge in [0.05, 0.1) is 0 Å². The summed E-state index contributed by atoms with van der Waals surface area (Å²) >= 11 is 0. The van der Waals surface area contributed by atoms with Crippen molar-refractivity contribution in [3.63, 3.8) is 0 Å². The molecule has 1 nitrogen and oxygen atoms in total. The van der Waals surface area contributed by atoms with Crippen LogP contribution in [0.2, 0.25) is 0 Å². The lowest BCUT2D eigenvalue weighted by atomic mass is 9.73. The van der Waals surface area contributed by atoms with Gasteiger partial charge >= 0.3 is 0 Å². The van der Waals surface area contributed by atoms with Gasteiger partial charge < -0.3 is 5.11 Å². The SMILES string of the molecule is CC(=C=CO)C/C=C1\C(C)=CCCC1(C)C. The molecular weight excluding hydrogens is 196 g/mol. The van der Waals surface area contributed by atoms with Crippen molar-refractivity contribution < 1.29 is 5.11 Å². The molecule has 0 aromatic carbocycles. The largest absolute Gasteiger partial charge is 0.507 e. The zero-order valence-electron chi connectivity index (χ0n) is 10.8. The second kappa shape index (κ2) is 5.23. The van der Waals surface area contributed by atoms with Crippen LogP contribution in [0.3, 0.4) is 0 Å². The van der Waals surface area contributed by atoms with Gasteiger partial charge in [0.1, 0.15) is 6.26 Å². The Morgan fingerprint density at radius 1 is 1.56 bits per heavy atom. The maximum absolute atomic E-state index is 8.64. The second-order valence-electron chi connectivity index (χ2n) is 5.19. The minimum absolute atomic E-state index is 0.280. The average Bonchev–Trinajstić information content (AvgIpc) is 2.16. The molecule has 1 aliphatic carbocycles. The van der Waals surface area contributed by atoms with Crippen LogP contribution in [0, 0.1) is 5.41 Å². The summed E-state index contributed by atoms with van der Waals surface area (Å²) in [4.78, 5) is 0. The highest BCUT2D eigenvalue weighted by molar-refractivity contribution is 5.37. The van der Waals surface area contributed by atoms with E-state index in [1.54, 1.807) is 0 Å². The molecule has 0 atom stereocenters. The highest BCUT2D eigenvalue weighted by Crippen LogP contribution is 2.40. The summed E-state index contributed by atoms with van der Waals surface area (Å²) < 4.78 is 0. The first kappa shape index (κ1) is 12.9. The third-order valence-corrected chi connectivity index (χ3v) is 3.30. The molecule has 0 radical (unpaired) electrons. The third-order valence-electron chi connectivity index (χ3n) is 3.30. The Morgan fingerprint density at radius 2 is 2.25 bits per heavy atom. The van der Waals surface area contributed by atoms with E-state index in [4.69, 9.17) is 5.11 Å². The van der Waals surface area contributed by atoms with E-state index in [0.29, 0.717) is 0 Å². The Balaban J connectivity index is 2.92. The van der Waals surface area contributed by atoms with Crippen LogP contribution in [0.4, 0.5) is 0 Å². The summed E-state index contributed by atoms with van der Waals surface area (Å²) in [6.45, 7) is 8.78. The molecule has 0 aromatic heterocycles. The van der Waals surface area contributed by atoms with Crippen LogP contribution in [0.25, 0.3) is 0 Å². The number of allylic oxidation sites excluding steroid dienone is 5. The number of aliphatic hydroxyl groups is 1. The molecule has 0 fully saturated rings. The molecule has 0 aromatic rings. The highest BCUT2D eigenvalue weighted by Gasteiger charge is 2.26. The maximum atomic E-state index is 8.64. The molecule has 0 spiro atoms. The molecule has 0 unspecified atom stereocenters. The fourth-order valence-corrected chi connectivity index (χ4v) is 2.29. The Kier molecular flexibility index (Phi) is 4.20. The lowest BCUT2D eigenvalue weighted by molar-refractivity contribution is 0.403. The van der Waals surface area contributed by atoms with E-state index in [1.807, 2.05) is 6.92 Å². The van der Waals surface area contributed by atoms with E-state index in [-0.39, 0.29) is 5.41 Å². The van der Waals surface area contributed by atoms with Crippen molar-refractivity contribution in [2.24, 2.45) is 5.41 Å². The lowest BCUT2D eigenvalue weighted by Gasteiger charge is -2.32. The molecule has 0 amide bonds. The van der Waals surface area contributed by atoms with E-state index in [9.17, 15) is 0 Å². The fraction of sp³-hybridized carbons (Fsp3) is 0.533. The van der Waals surface area contributed by atoms with Crippen LogP contribution in [0.1, 0.15) is 47.0 Å². The van der Waals surface area contributed by atoms with Crippen LogP contribution in [-0.4, -0.2) is 5.11 Å². The fourth-order valence-electron chi connectivity index (χ4n) is 2.29. The topological polar surface area (TPSA) is 20.2 Å². The van der Waals surface area contributed by atoms with E-state index in [0.717, 1.165) is 18.3 Å². The van der Waals surface area contributed by atoms with Gasteiger partial charge in [0.25, 0.3) is 0 Å². The van der Waals surface area contributed by atoms with Crippen LogP contribution in [-0.2, 0) is 0 Å². The average molecular weight is 218 g/mol. The summed E-state index contributed by atoms with van der Waals surface area (Å²) in [7, 11) is 0. The molecule has 0 heterocycles. The van der Waals surface area contributed by atoms with Crippen LogP contribution < -0.4 is 0 Å². The van der Waals surface area contributed by atoms with Gasteiger partial charge in [-0.1, -0.05) is 37.3 Å². The van der Waals surface area contributed by atoms with Gasteiger partial charge in [0.2, 0.25) is 0 Å². The van der Waals surface area contributed by atoms with Crippen molar-refractivity contribution >= 4 is 0 Å². The minimum atomic E-state index is 0.280. The first-order valence-electron chi connectivity index (χ1n) is 5.90. The summed E-state index contributed by atoms with van der Waals surface area (Å²) in [6.07, 6.45) is 8.84. The molecule has 1 N–H and O–H groups in total. The van der Waals surface area contributed by atoms with Crippen LogP contribution >= 0.6 is 0 Å². The van der Waals surface area contributed by atoms with Gasteiger partial charge in [-0.05, 0) is 49.7 Å². The quantitative estimate of drug-likeness (QED) is 0.526. The van der Waals surface area contributed by atoms with Crippen molar-refractivity contribution in [2.45, 2.75) is 47.0 Å². The van der Waals surface area contributed by atoms with Gasteiger partial charge in [0.15, 0.2) is 0 Å². The van der Waals surface area contributed by atoms with E-state index in [1.165, 1.54) is 24.0 Å². The maximum Gasteiger partial charge on any atom is 0.121 e. The summed E-state index contributed by atoms with van der Waals surface area (Å²) in [5.74, 6) is 0. The Morgan fingerprint density at radius 3 is 2.81 bits per heavy atom. The summed E-state index contributed by atoms with van der Waals surface area (Å²) in [5.41, 5.74) is 6.99. The number of hydrogen-bond donors (Lipinski definition) is 1. The molecular formula is C15H22O. The van der Waals surface area contributed by atoms with Crippen molar-refractivity contribution in [1.82, 2.24) is 0 Å². The van der Waals surface area contributed by atoms with Gasteiger partial charge in [-0.3, -0.25) is 0 Å².